The highest BCUT2D eigenvalue weighted by Gasteiger charge is 2.43. The van der Waals surface area contributed by atoms with E-state index in [1.807, 2.05) is 0 Å². The van der Waals surface area contributed by atoms with Crippen LogP contribution in [0.2, 0.25) is 10.0 Å². The van der Waals surface area contributed by atoms with Crippen molar-refractivity contribution in [3.8, 4) is 0 Å². The van der Waals surface area contributed by atoms with Gasteiger partial charge in [-0.25, -0.2) is 8.78 Å². The summed E-state index contributed by atoms with van der Waals surface area (Å²) in [6, 6.07) is 4.83. The van der Waals surface area contributed by atoms with Crippen LogP contribution in [-0.2, 0) is 6.18 Å². The summed E-state index contributed by atoms with van der Waals surface area (Å²) in [7, 11) is 0. The number of rotatable bonds is 4. The van der Waals surface area contributed by atoms with Gasteiger partial charge in [-0.2, -0.15) is 13.2 Å². The maximum absolute atomic E-state index is 14.1. The van der Waals surface area contributed by atoms with Crippen LogP contribution in [0.4, 0.5) is 22.0 Å². The topological polar surface area (TPSA) is 49.3 Å². The van der Waals surface area contributed by atoms with Gasteiger partial charge in [-0.3, -0.25) is 4.79 Å². The molecule has 0 spiro atoms. The van der Waals surface area contributed by atoms with E-state index < -0.39 is 46.3 Å². The number of halogens is 7. The van der Waals surface area contributed by atoms with Crippen molar-refractivity contribution in [1.29, 1.82) is 0 Å². The van der Waals surface area contributed by atoms with Crippen LogP contribution < -0.4 is 5.32 Å². The van der Waals surface area contributed by atoms with Crippen LogP contribution in [0.3, 0.4) is 0 Å². The van der Waals surface area contributed by atoms with Gasteiger partial charge in [0.15, 0.2) is 0 Å². The minimum absolute atomic E-state index is 0.0246. The molecule has 3 rings (SSSR count). The molecule has 2 aromatic carbocycles. The zero-order chi connectivity index (χ0) is 23.0. The third-order valence-electron chi connectivity index (χ3n) is 5.43. The van der Waals surface area contributed by atoms with Crippen LogP contribution in [0.15, 0.2) is 36.4 Å². The Kier molecular flexibility index (Phi) is 6.84. The summed E-state index contributed by atoms with van der Waals surface area (Å²) in [5, 5.41) is 12.9. The SMILES string of the molecule is O=C(NC(c1cccc(F)c1Cl)C1(O)CCC(F)CC1)c1ccc(C(F)(F)F)cc1Cl. The van der Waals surface area contributed by atoms with E-state index in [1.165, 1.54) is 12.1 Å². The van der Waals surface area contributed by atoms with Gasteiger partial charge in [0.05, 0.1) is 32.8 Å². The molecule has 1 saturated carbocycles. The van der Waals surface area contributed by atoms with E-state index in [0.717, 1.165) is 12.1 Å². The summed E-state index contributed by atoms with van der Waals surface area (Å²) in [6.45, 7) is 0. The highest BCUT2D eigenvalue weighted by Crippen LogP contribution is 2.42. The second-order valence-electron chi connectivity index (χ2n) is 7.52. The molecular weight excluding hydrogens is 464 g/mol. The Hall–Kier alpha value is -1.90. The van der Waals surface area contributed by atoms with E-state index in [1.54, 1.807) is 0 Å². The Labute approximate surface area is 185 Å². The van der Waals surface area contributed by atoms with Crippen LogP contribution in [0.25, 0.3) is 0 Å². The van der Waals surface area contributed by atoms with Crippen molar-refractivity contribution in [1.82, 2.24) is 5.32 Å². The van der Waals surface area contributed by atoms with Gasteiger partial charge in [-0.1, -0.05) is 35.3 Å². The van der Waals surface area contributed by atoms with Gasteiger partial charge in [-0.15, -0.1) is 0 Å². The lowest BCUT2D eigenvalue weighted by Crippen LogP contribution is -2.48. The first kappa shape index (κ1) is 23.8. The highest BCUT2D eigenvalue weighted by molar-refractivity contribution is 6.34. The first-order chi connectivity index (χ1) is 14.4. The first-order valence-corrected chi connectivity index (χ1v) is 10.2. The molecule has 0 radical (unpaired) electrons. The second kappa shape index (κ2) is 8.92. The minimum Gasteiger partial charge on any atom is -0.387 e. The molecule has 1 aliphatic carbocycles. The molecule has 10 heteroatoms. The summed E-state index contributed by atoms with van der Waals surface area (Å²) < 4.78 is 66.3. The van der Waals surface area contributed by atoms with Gasteiger partial charge in [0.25, 0.3) is 5.91 Å². The molecule has 1 amide bonds. The fraction of sp³-hybridized carbons (Fsp3) is 0.381. The molecule has 2 N–H and O–H groups in total. The third-order valence-corrected chi connectivity index (χ3v) is 6.14. The Balaban J connectivity index is 1.97. The maximum atomic E-state index is 14.1. The van der Waals surface area contributed by atoms with E-state index in [2.05, 4.69) is 5.32 Å². The number of amides is 1. The van der Waals surface area contributed by atoms with Crippen molar-refractivity contribution in [2.75, 3.05) is 0 Å². The van der Waals surface area contributed by atoms with Gasteiger partial charge in [0.1, 0.15) is 12.0 Å². The zero-order valence-corrected chi connectivity index (χ0v) is 17.5. The lowest BCUT2D eigenvalue weighted by atomic mass is 9.76. The van der Waals surface area contributed by atoms with Gasteiger partial charge < -0.3 is 10.4 Å². The van der Waals surface area contributed by atoms with Crippen molar-refractivity contribution in [2.24, 2.45) is 0 Å². The predicted molar refractivity (Wildman–Crippen MR) is 106 cm³/mol. The molecule has 0 aliphatic heterocycles. The van der Waals surface area contributed by atoms with E-state index >= 15 is 0 Å². The molecule has 0 bridgehead atoms. The van der Waals surface area contributed by atoms with Crippen LogP contribution in [-0.4, -0.2) is 22.8 Å². The van der Waals surface area contributed by atoms with Crippen LogP contribution >= 0.6 is 23.2 Å². The van der Waals surface area contributed by atoms with Gasteiger partial charge in [0, 0.05) is 0 Å². The predicted octanol–water partition coefficient (Wildman–Crippen LogP) is 6.27. The molecule has 168 valence electrons. The summed E-state index contributed by atoms with van der Waals surface area (Å²) in [4.78, 5) is 12.9. The second-order valence-corrected chi connectivity index (χ2v) is 8.31. The quantitative estimate of drug-likeness (QED) is 0.505. The first-order valence-electron chi connectivity index (χ1n) is 9.40. The molecule has 2 aromatic rings. The fourth-order valence-electron chi connectivity index (χ4n) is 3.70. The van der Waals surface area contributed by atoms with E-state index in [0.29, 0.717) is 12.1 Å². The molecule has 1 atom stereocenters. The fourth-order valence-corrected chi connectivity index (χ4v) is 4.20. The smallest absolute Gasteiger partial charge is 0.387 e. The number of carbonyl (C=O) groups is 1. The van der Waals surface area contributed by atoms with Crippen molar-refractivity contribution in [2.45, 2.75) is 49.7 Å². The van der Waals surface area contributed by atoms with Crippen LogP contribution in [0.1, 0.15) is 53.2 Å². The minimum atomic E-state index is -4.64. The van der Waals surface area contributed by atoms with Gasteiger partial charge in [-0.05, 0) is 55.5 Å². The van der Waals surface area contributed by atoms with E-state index in [-0.39, 0.29) is 41.8 Å². The maximum Gasteiger partial charge on any atom is 0.416 e. The molecule has 31 heavy (non-hydrogen) atoms. The Morgan fingerprint density at radius 1 is 1.16 bits per heavy atom. The zero-order valence-electron chi connectivity index (χ0n) is 15.9. The summed E-state index contributed by atoms with van der Waals surface area (Å²) in [5.41, 5.74) is -2.87. The number of benzene rings is 2. The molecule has 0 heterocycles. The molecular formula is C21H18Cl2F5NO2. The Bertz CT molecular complexity index is 975. The monoisotopic (exact) mass is 481 g/mol. The average molecular weight is 482 g/mol. The number of nitrogens with one attached hydrogen (secondary N) is 1. The molecule has 0 aromatic heterocycles. The van der Waals surface area contributed by atoms with E-state index in [9.17, 15) is 31.9 Å². The van der Waals surface area contributed by atoms with Gasteiger partial charge >= 0.3 is 6.18 Å². The van der Waals surface area contributed by atoms with Crippen LogP contribution in [0, 0.1) is 5.82 Å². The number of carbonyl (C=O) groups excluding carboxylic acids is 1. The molecule has 1 unspecified atom stereocenters. The van der Waals surface area contributed by atoms with Crippen molar-refractivity contribution >= 4 is 29.1 Å². The van der Waals surface area contributed by atoms with Crippen molar-refractivity contribution in [3.05, 3.63) is 69.0 Å². The number of aliphatic hydroxyl groups is 1. The summed E-state index contributed by atoms with van der Waals surface area (Å²) >= 11 is 12.0. The lowest BCUT2D eigenvalue weighted by molar-refractivity contribution is -0.137. The summed E-state index contributed by atoms with van der Waals surface area (Å²) in [5.74, 6) is -1.67. The van der Waals surface area contributed by atoms with Crippen molar-refractivity contribution in [3.63, 3.8) is 0 Å². The van der Waals surface area contributed by atoms with Crippen molar-refractivity contribution < 1.29 is 31.9 Å². The number of hydrogen-bond acceptors (Lipinski definition) is 2. The number of hydrogen-bond donors (Lipinski definition) is 2. The number of alkyl halides is 4. The average Bonchev–Trinajstić information content (AvgIpc) is 2.70. The third kappa shape index (κ3) is 5.13. The summed E-state index contributed by atoms with van der Waals surface area (Å²) in [6.07, 6.45) is -5.78. The van der Waals surface area contributed by atoms with E-state index in [4.69, 9.17) is 23.2 Å². The lowest BCUT2D eigenvalue weighted by Gasteiger charge is -2.41. The van der Waals surface area contributed by atoms with Gasteiger partial charge in [0.2, 0.25) is 0 Å². The standard InChI is InChI=1S/C21H18Cl2F5NO2/c22-15-10-11(21(26,27)28)4-5-13(15)19(30)29-18(14-2-1-3-16(25)17(14)23)20(31)8-6-12(24)7-9-20/h1-5,10,12,18,31H,6-9H2,(H,29,30). The molecule has 1 fully saturated rings. The Morgan fingerprint density at radius 3 is 2.39 bits per heavy atom. The molecule has 1 aliphatic rings. The normalized spacial score (nSPS) is 22.8. The molecule has 0 saturated heterocycles. The molecule has 3 nitrogen and oxygen atoms in total. The van der Waals surface area contributed by atoms with Crippen LogP contribution in [0.5, 0.6) is 0 Å². The highest BCUT2D eigenvalue weighted by atomic mass is 35.5. The largest absolute Gasteiger partial charge is 0.416 e. The Morgan fingerprint density at radius 2 is 1.81 bits per heavy atom.